The smallest absolute Gasteiger partial charge is 0.273 e. The number of nitrogens with one attached hydrogen (secondary N) is 2. The molecule has 0 saturated heterocycles. The first kappa shape index (κ1) is 11.8. The van der Waals surface area contributed by atoms with Crippen molar-refractivity contribution in [3.05, 3.63) is 40.7 Å². The highest BCUT2D eigenvalue weighted by molar-refractivity contribution is 6.29. The van der Waals surface area contributed by atoms with Gasteiger partial charge in [-0.15, -0.1) is 16.6 Å². The molecule has 2 aromatic rings. The standard InChI is InChI=1S/C15H13ClN4O2/c1-4-9-6-5-7-10(14(9)22-3)18-11-8-12(16)19-20-13(11)15(21)17-2/h1,5-8H,2-3H3,(H,17,21)(H,18,19)/i2D3. The van der Waals surface area contributed by atoms with Crippen LogP contribution in [0.25, 0.3) is 0 Å². The lowest BCUT2D eigenvalue weighted by molar-refractivity contribution is 0.0958. The van der Waals surface area contributed by atoms with Gasteiger partial charge in [-0.1, -0.05) is 23.6 Å². The number of hydrogen-bond acceptors (Lipinski definition) is 5. The van der Waals surface area contributed by atoms with Crippen molar-refractivity contribution in [2.24, 2.45) is 0 Å². The summed E-state index contributed by atoms with van der Waals surface area (Å²) < 4.78 is 26.7. The van der Waals surface area contributed by atoms with Crippen molar-refractivity contribution >= 4 is 28.9 Å². The number of rotatable bonds is 4. The van der Waals surface area contributed by atoms with Crippen molar-refractivity contribution in [2.45, 2.75) is 0 Å². The topological polar surface area (TPSA) is 76.1 Å². The van der Waals surface area contributed by atoms with Crippen molar-refractivity contribution in [1.82, 2.24) is 15.5 Å². The molecule has 0 atom stereocenters. The first-order valence-corrected chi connectivity index (χ1v) is 6.39. The molecule has 7 heteroatoms. The largest absolute Gasteiger partial charge is 0.493 e. The number of anilines is 2. The first-order valence-electron chi connectivity index (χ1n) is 7.51. The molecule has 0 unspecified atom stereocenters. The van der Waals surface area contributed by atoms with Gasteiger partial charge in [0.1, 0.15) is 0 Å². The lowest BCUT2D eigenvalue weighted by atomic mass is 10.1. The molecule has 112 valence electrons. The van der Waals surface area contributed by atoms with Gasteiger partial charge in [-0.2, -0.15) is 0 Å². The van der Waals surface area contributed by atoms with Crippen molar-refractivity contribution in [3.8, 4) is 18.1 Å². The Balaban J connectivity index is 2.46. The molecular formula is C15H13ClN4O2. The number of carbonyl (C=O) groups excluding carboxylic acids is 1. The number of nitrogens with zero attached hydrogens (tertiary/aromatic N) is 2. The average Bonchev–Trinajstić information content (AvgIpc) is 2.53. The molecule has 1 aromatic carbocycles. The highest BCUT2D eigenvalue weighted by Gasteiger charge is 2.16. The number of amides is 1. The highest BCUT2D eigenvalue weighted by atomic mass is 35.5. The van der Waals surface area contributed by atoms with E-state index in [1.165, 1.54) is 13.2 Å². The molecule has 0 spiro atoms. The number of hydrogen-bond donors (Lipinski definition) is 2. The van der Waals surface area contributed by atoms with E-state index >= 15 is 0 Å². The molecule has 1 aromatic heterocycles. The second-order valence-electron chi connectivity index (χ2n) is 4.04. The summed E-state index contributed by atoms with van der Waals surface area (Å²) in [4.78, 5) is 12.1. The van der Waals surface area contributed by atoms with Gasteiger partial charge in [-0.25, -0.2) is 0 Å². The van der Waals surface area contributed by atoms with Gasteiger partial charge in [0.2, 0.25) is 0 Å². The van der Waals surface area contributed by atoms with E-state index in [9.17, 15) is 4.79 Å². The van der Waals surface area contributed by atoms with Gasteiger partial charge in [-0.3, -0.25) is 4.79 Å². The van der Waals surface area contributed by atoms with Crippen LogP contribution in [0.5, 0.6) is 5.75 Å². The van der Waals surface area contributed by atoms with Crippen LogP contribution in [0.3, 0.4) is 0 Å². The zero-order valence-corrected chi connectivity index (χ0v) is 12.2. The van der Waals surface area contributed by atoms with E-state index in [1.54, 1.807) is 18.2 Å². The molecular weight excluding hydrogens is 304 g/mol. The molecule has 0 fully saturated rings. The lowest BCUT2D eigenvalue weighted by Crippen LogP contribution is -2.21. The van der Waals surface area contributed by atoms with Gasteiger partial charge >= 0.3 is 0 Å². The third kappa shape index (κ3) is 3.10. The average molecular weight is 320 g/mol. The predicted octanol–water partition coefficient (Wildman–Crippen LogP) is 2.22. The normalized spacial score (nSPS) is 12.3. The maximum Gasteiger partial charge on any atom is 0.273 e. The third-order valence-corrected chi connectivity index (χ3v) is 2.92. The molecule has 0 radical (unpaired) electrons. The van der Waals surface area contributed by atoms with E-state index in [0.29, 0.717) is 17.0 Å². The number of aromatic nitrogens is 2. The third-order valence-electron chi connectivity index (χ3n) is 2.74. The van der Waals surface area contributed by atoms with Crippen LogP contribution in [0.4, 0.5) is 11.4 Å². The Kier molecular flexibility index (Phi) is 3.65. The van der Waals surface area contributed by atoms with Crippen molar-refractivity contribution < 1.29 is 13.6 Å². The summed E-state index contributed by atoms with van der Waals surface area (Å²) in [6.45, 7) is -2.67. The Labute approximate surface area is 137 Å². The number of benzene rings is 1. The van der Waals surface area contributed by atoms with Crippen molar-refractivity contribution in [3.63, 3.8) is 0 Å². The van der Waals surface area contributed by atoms with Crippen LogP contribution in [-0.2, 0) is 0 Å². The van der Waals surface area contributed by atoms with E-state index < -0.39 is 12.9 Å². The number of para-hydroxylation sites is 1. The summed E-state index contributed by atoms with van der Waals surface area (Å²) in [5, 5.41) is 12.0. The number of methoxy groups -OCH3 is 1. The van der Waals surface area contributed by atoms with Crippen LogP contribution in [-0.4, -0.2) is 30.2 Å². The zero-order chi connectivity index (χ0) is 18.6. The van der Waals surface area contributed by atoms with Gasteiger partial charge in [0, 0.05) is 17.2 Å². The second kappa shape index (κ2) is 6.78. The van der Waals surface area contributed by atoms with Crippen molar-refractivity contribution in [2.75, 3.05) is 19.4 Å². The van der Waals surface area contributed by atoms with Gasteiger partial charge in [0.25, 0.3) is 5.91 Å². The van der Waals surface area contributed by atoms with E-state index in [0.717, 1.165) is 0 Å². The van der Waals surface area contributed by atoms with E-state index in [-0.39, 0.29) is 16.5 Å². The van der Waals surface area contributed by atoms with E-state index in [2.05, 4.69) is 21.4 Å². The van der Waals surface area contributed by atoms with Crippen LogP contribution >= 0.6 is 11.6 Å². The molecule has 0 aliphatic rings. The zero-order valence-electron chi connectivity index (χ0n) is 14.5. The predicted molar refractivity (Wildman–Crippen MR) is 84.6 cm³/mol. The maximum absolute atomic E-state index is 12.1. The van der Waals surface area contributed by atoms with Crippen LogP contribution in [0.15, 0.2) is 24.3 Å². The van der Waals surface area contributed by atoms with Gasteiger partial charge in [0.15, 0.2) is 16.6 Å². The summed E-state index contributed by atoms with van der Waals surface area (Å²) in [5.41, 5.74) is 0.849. The van der Waals surface area contributed by atoms with Gasteiger partial charge < -0.3 is 15.4 Å². The number of halogens is 1. The summed E-state index contributed by atoms with van der Waals surface area (Å²) in [6, 6.07) is 6.38. The molecule has 2 rings (SSSR count). The Morgan fingerprint density at radius 1 is 1.45 bits per heavy atom. The monoisotopic (exact) mass is 319 g/mol. The molecule has 22 heavy (non-hydrogen) atoms. The van der Waals surface area contributed by atoms with Crippen LogP contribution in [0.1, 0.15) is 20.2 Å². The summed E-state index contributed by atoms with van der Waals surface area (Å²) in [5.74, 6) is 1.92. The van der Waals surface area contributed by atoms with Crippen LogP contribution in [0.2, 0.25) is 5.15 Å². The quantitative estimate of drug-likeness (QED) is 0.845. The van der Waals surface area contributed by atoms with E-state index in [1.807, 2.05) is 5.32 Å². The maximum atomic E-state index is 12.1. The van der Waals surface area contributed by atoms with E-state index in [4.69, 9.17) is 26.9 Å². The number of ether oxygens (including phenoxy) is 1. The van der Waals surface area contributed by atoms with Crippen LogP contribution in [0, 0.1) is 12.3 Å². The highest BCUT2D eigenvalue weighted by Crippen LogP contribution is 2.32. The van der Waals surface area contributed by atoms with Gasteiger partial charge in [0.05, 0.1) is 24.0 Å². The molecule has 0 bridgehead atoms. The Bertz CT molecular complexity index is 850. The lowest BCUT2D eigenvalue weighted by Gasteiger charge is -2.14. The van der Waals surface area contributed by atoms with Crippen molar-refractivity contribution in [1.29, 1.82) is 0 Å². The first-order chi connectivity index (χ1) is 11.7. The minimum Gasteiger partial charge on any atom is -0.493 e. The minimum absolute atomic E-state index is 0.0139. The molecule has 0 saturated carbocycles. The fourth-order valence-corrected chi connectivity index (χ4v) is 1.95. The molecule has 6 nitrogen and oxygen atoms in total. The molecule has 1 amide bonds. The number of carbonyl (C=O) groups is 1. The molecule has 0 aliphatic carbocycles. The second-order valence-corrected chi connectivity index (χ2v) is 4.43. The molecule has 1 heterocycles. The van der Waals surface area contributed by atoms with Gasteiger partial charge in [-0.05, 0) is 12.1 Å². The number of terminal acetylenes is 1. The Morgan fingerprint density at radius 3 is 2.95 bits per heavy atom. The summed E-state index contributed by atoms with van der Waals surface area (Å²) in [6.07, 6.45) is 5.43. The molecule has 0 aliphatic heterocycles. The summed E-state index contributed by atoms with van der Waals surface area (Å²) in [7, 11) is 1.45. The summed E-state index contributed by atoms with van der Waals surface area (Å²) >= 11 is 5.83. The SMILES string of the molecule is [2H]C([2H])([2H])NC(=O)c1nnc(Cl)cc1Nc1cccc(C#C)c1OC. The fourth-order valence-electron chi connectivity index (χ4n) is 1.80. The molecule has 2 N–H and O–H groups in total. The Morgan fingerprint density at radius 2 is 2.27 bits per heavy atom. The van der Waals surface area contributed by atoms with Crippen LogP contribution < -0.4 is 15.4 Å². The Hall–Kier alpha value is -2.78. The minimum atomic E-state index is -2.67. The fraction of sp³-hybridized carbons (Fsp3) is 0.133.